The number of rotatable bonds is 7. The van der Waals surface area contributed by atoms with Gasteiger partial charge >= 0.3 is 0 Å². The number of hydrogen-bond acceptors (Lipinski definition) is 4. The van der Waals surface area contributed by atoms with E-state index in [1.807, 2.05) is 24.3 Å². The van der Waals surface area contributed by atoms with Crippen LogP contribution in [0, 0.1) is 0 Å². The molecule has 3 rings (SSSR count). The molecule has 1 heterocycles. The third-order valence-corrected chi connectivity index (χ3v) is 4.98. The van der Waals surface area contributed by atoms with E-state index >= 15 is 0 Å². The van der Waals surface area contributed by atoms with Gasteiger partial charge < -0.3 is 14.4 Å². The Bertz CT molecular complexity index is 797. The van der Waals surface area contributed by atoms with Gasteiger partial charge in [0.2, 0.25) is 0 Å². The van der Waals surface area contributed by atoms with Crippen molar-refractivity contribution in [2.24, 2.45) is 0 Å². The maximum atomic E-state index is 5.21. The van der Waals surface area contributed by atoms with Crippen LogP contribution < -0.4 is 14.4 Å². The highest BCUT2D eigenvalue weighted by Crippen LogP contribution is 2.25. The molecule has 0 saturated heterocycles. The Kier molecular flexibility index (Phi) is 5.68. The van der Waals surface area contributed by atoms with Crippen molar-refractivity contribution in [1.82, 2.24) is 4.98 Å². The van der Waals surface area contributed by atoms with E-state index in [2.05, 4.69) is 36.7 Å². The normalized spacial score (nSPS) is 12.0. The van der Waals surface area contributed by atoms with Gasteiger partial charge in [0.25, 0.3) is 0 Å². The molecule has 0 aliphatic carbocycles. The van der Waals surface area contributed by atoms with Gasteiger partial charge in [0.1, 0.15) is 35.3 Å². The molecule has 0 saturated carbocycles. The number of nitrogens with one attached hydrogen (secondary N) is 1. The van der Waals surface area contributed by atoms with E-state index < -0.39 is 0 Å². The van der Waals surface area contributed by atoms with Crippen LogP contribution in [0.2, 0.25) is 0 Å². The van der Waals surface area contributed by atoms with Gasteiger partial charge in [-0.3, -0.25) is 0 Å². The number of benzene rings is 2. The molecule has 4 nitrogen and oxygen atoms in total. The summed E-state index contributed by atoms with van der Waals surface area (Å²) in [6.45, 7) is 1.86. The van der Waals surface area contributed by atoms with Gasteiger partial charge in [-0.15, -0.1) is 11.3 Å². The van der Waals surface area contributed by atoms with Crippen molar-refractivity contribution in [3.8, 4) is 22.1 Å². The molecule has 3 aromatic rings. The van der Waals surface area contributed by atoms with Crippen molar-refractivity contribution in [2.45, 2.75) is 13.1 Å². The summed E-state index contributed by atoms with van der Waals surface area (Å²) in [4.78, 5) is 6.18. The van der Waals surface area contributed by atoms with Crippen molar-refractivity contribution in [3.05, 3.63) is 65.2 Å². The van der Waals surface area contributed by atoms with Crippen molar-refractivity contribution in [1.29, 1.82) is 0 Å². The Hall–Kier alpha value is -2.37. The molecule has 0 radical (unpaired) electrons. The van der Waals surface area contributed by atoms with Crippen LogP contribution in [0.15, 0.2) is 53.9 Å². The molecule has 5 heteroatoms. The maximum absolute atomic E-state index is 5.21. The number of hydrogen-bond donors (Lipinski definition) is 1. The molecule has 0 spiro atoms. The molecule has 25 heavy (non-hydrogen) atoms. The molecular formula is C20H23N2O2S+. The van der Waals surface area contributed by atoms with Crippen molar-refractivity contribution >= 4 is 11.3 Å². The van der Waals surface area contributed by atoms with Crippen LogP contribution in [0.1, 0.15) is 11.3 Å². The highest BCUT2D eigenvalue weighted by molar-refractivity contribution is 7.13. The van der Waals surface area contributed by atoms with Crippen LogP contribution >= 0.6 is 11.3 Å². The fraction of sp³-hybridized carbons (Fsp3) is 0.250. The summed E-state index contributed by atoms with van der Waals surface area (Å²) in [6.07, 6.45) is 0. The van der Waals surface area contributed by atoms with Gasteiger partial charge in [0.05, 0.1) is 21.3 Å². The first-order valence-electron chi connectivity index (χ1n) is 8.21. The lowest BCUT2D eigenvalue weighted by atomic mass is 10.2. The average Bonchev–Trinajstić information content (AvgIpc) is 3.10. The topological polar surface area (TPSA) is 35.8 Å². The first kappa shape index (κ1) is 17.5. The second-order valence-corrected chi connectivity index (χ2v) is 6.89. The predicted octanol–water partition coefficient (Wildman–Crippen LogP) is 3.04. The summed E-state index contributed by atoms with van der Waals surface area (Å²) in [7, 11) is 5.56. The van der Waals surface area contributed by atoms with E-state index in [1.165, 1.54) is 10.5 Å². The van der Waals surface area contributed by atoms with E-state index in [4.69, 9.17) is 14.5 Å². The fourth-order valence-electron chi connectivity index (χ4n) is 2.72. The van der Waals surface area contributed by atoms with E-state index in [0.717, 1.165) is 40.9 Å². The molecule has 0 aliphatic rings. The lowest BCUT2D eigenvalue weighted by Gasteiger charge is -2.13. The molecule has 1 atom stereocenters. The van der Waals surface area contributed by atoms with Crippen LogP contribution in [0.25, 0.3) is 10.6 Å². The molecule has 2 aromatic carbocycles. The van der Waals surface area contributed by atoms with Crippen LogP contribution in [0.5, 0.6) is 11.5 Å². The van der Waals surface area contributed by atoms with Crippen molar-refractivity contribution in [2.75, 3.05) is 21.3 Å². The molecule has 1 aromatic heterocycles. The second-order valence-electron chi connectivity index (χ2n) is 6.03. The summed E-state index contributed by atoms with van der Waals surface area (Å²) >= 11 is 1.69. The van der Waals surface area contributed by atoms with Gasteiger partial charge in [-0.1, -0.05) is 0 Å². The van der Waals surface area contributed by atoms with E-state index in [-0.39, 0.29) is 0 Å². The summed E-state index contributed by atoms with van der Waals surface area (Å²) in [5.74, 6) is 1.76. The van der Waals surface area contributed by atoms with E-state index in [9.17, 15) is 0 Å². The number of nitrogens with zero attached hydrogens (tertiary/aromatic N) is 1. The summed E-state index contributed by atoms with van der Waals surface area (Å²) < 4.78 is 10.4. The third-order valence-electron chi connectivity index (χ3n) is 4.04. The summed E-state index contributed by atoms with van der Waals surface area (Å²) in [6, 6.07) is 16.3. The predicted molar refractivity (Wildman–Crippen MR) is 101 cm³/mol. The Labute approximate surface area is 152 Å². The molecule has 1 unspecified atom stereocenters. The van der Waals surface area contributed by atoms with Gasteiger partial charge in [-0.25, -0.2) is 4.98 Å². The van der Waals surface area contributed by atoms with Gasteiger partial charge in [-0.2, -0.15) is 0 Å². The highest BCUT2D eigenvalue weighted by Gasteiger charge is 2.10. The zero-order valence-electron chi connectivity index (χ0n) is 14.8. The Balaban J connectivity index is 1.61. The zero-order chi connectivity index (χ0) is 17.6. The van der Waals surface area contributed by atoms with Crippen LogP contribution in [-0.4, -0.2) is 26.3 Å². The van der Waals surface area contributed by atoms with E-state index in [1.54, 1.807) is 25.6 Å². The first-order valence-corrected chi connectivity index (χ1v) is 9.09. The molecule has 0 fully saturated rings. The van der Waals surface area contributed by atoms with Gasteiger partial charge in [0.15, 0.2) is 0 Å². The van der Waals surface area contributed by atoms with Crippen LogP contribution in [-0.2, 0) is 13.1 Å². The first-order chi connectivity index (χ1) is 12.2. The largest absolute Gasteiger partial charge is 0.497 e. The van der Waals surface area contributed by atoms with Gasteiger partial charge in [0, 0.05) is 16.5 Å². The minimum Gasteiger partial charge on any atom is -0.497 e. The summed E-state index contributed by atoms with van der Waals surface area (Å²) in [5, 5.41) is 3.20. The average molecular weight is 355 g/mol. The minimum absolute atomic E-state index is 0.865. The molecule has 130 valence electrons. The molecule has 1 N–H and O–H groups in total. The summed E-state index contributed by atoms with van der Waals surface area (Å²) in [5.41, 5.74) is 3.55. The van der Waals surface area contributed by atoms with Crippen molar-refractivity contribution < 1.29 is 14.4 Å². The quantitative estimate of drug-likeness (QED) is 0.708. The number of aromatic nitrogens is 1. The molecule has 0 amide bonds. The Morgan fingerprint density at radius 1 is 0.880 bits per heavy atom. The SMILES string of the molecule is COc1ccc(C[NH+](C)Cc2csc(-c3ccc(OC)cc3)n2)cc1. The lowest BCUT2D eigenvalue weighted by Crippen LogP contribution is -3.06. The highest BCUT2D eigenvalue weighted by atomic mass is 32.1. The maximum Gasteiger partial charge on any atom is 0.123 e. The van der Waals surface area contributed by atoms with Crippen LogP contribution in [0.3, 0.4) is 0 Å². The standard InChI is InChI=1S/C20H22N2O2S/c1-22(12-15-4-8-18(23-2)9-5-15)13-17-14-25-20(21-17)16-6-10-19(24-3)11-7-16/h4-11,14H,12-13H2,1-3H3/p+1. The Morgan fingerprint density at radius 2 is 1.48 bits per heavy atom. The fourth-order valence-corrected chi connectivity index (χ4v) is 3.54. The number of methoxy groups -OCH3 is 2. The zero-order valence-corrected chi connectivity index (χ0v) is 15.6. The molecule has 0 aliphatic heterocycles. The van der Waals surface area contributed by atoms with E-state index in [0.29, 0.717) is 0 Å². The van der Waals surface area contributed by atoms with Crippen molar-refractivity contribution in [3.63, 3.8) is 0 Å². The minimum atomic E-state index is 0.865. The second kappa shape index (κ2) is 8.14. The third kappa shape index (κ3) is 4.59. The monoisotopic (exact) mass is 355 g/mol. The number of quaternary nitrogens is 1. The lowest BCUT2D eigenvalue weighted by molar-refractivity contribution is -0.908. The number of ether oxygens (including phenoxy) is 2. The molecule has 0 bridgehead atoms. The van der Waals surface area contributed by atoms with Crippen LogP contribution in [0.4, 0.5) is 0 Å². The molecular weight excluding hydrogens is 332 g/mol. The Morgan fingerprint density at radius 3 is 2.08 bits per heavy atom. The smallest absolute Gasteiger partial charge is 0.123 e. The van der Waals surface area contributed by atoms with Gasteiger partial charge in [-0.05, 0) is 48.5 Å². The number of thiazole rings is 1.